The molecule has 6 heteroatoms. The topological polar surface area (TPSA) is 55.2 Å². The summed E-state index contributed by atoms with van der Waals surface area (Å²) < 4.78 is 0. The van der Waals surface area contributed by atoms with Crippen molar-refractivity contribution >= 4 is 34.7 Å². The van der Waals surface area contributed by atoms with Crippen LogP contribution in [0, 0.1) is 10.1 Å². The highest BCUT2D eigenvalue weighted by Gasteiger charge is 2.10. The van der Waals surface area contributed by atoms with Gasteiger partial charge in [-0.15, -0.1) is 0 Å². The quantitative estimate of drug-likeness (QED) is 0.669. The molecule has 0 aromatic heterocycles. The van der Waals surface area contributed by atoms with Crippen molar-refractivity contribution < 1.29 is 4.92 Å². The van der Waals surface area contributed by atoms with E-state index in [1.54, 1.807) is 25.2 Å². The van der Waals surface area contributed by atoms with Gasteiger partial charge in [0.1, 0.15) is 0 Å². The average molecular weight is 295 g/mol. The number of nitro benzene ring substituents is 1. The van der Waals surface area contributed by atoms with Crippen LogP contribution in [-0.4, -0.2) is 12.0 Å². The molecule has 0 saturated carbocycles. The minimum atomic E-state index is -0.396. The van der Waals surface area contributed by atoms with E-state index in [0.717, 1.165) is 9.79 Å². The van der Waals surface area contributed by atoms with Crippen molar-refractivity contribution in [1.82, 2.24) is 0 Å². The maximum absolute atomic E-state index is 10.9. The first-order valence-corrected chi connectivity index (χ1v) is 6.68. The van der Waals surface area contributed by atoms with Crippen LogP contribution in [0.5, 0.6) is 0 Å². The molecule has 0 amide bonds. The van der Waals surface area contributed by atoms with Gasteiger partial charge in [0.2, 0.25) is 0 Å². The summed E-state index contributed by atoms with van der Waals surface area (Å²) >= 11 is 7.27. The number of anilines is 1. The Labute approximate surface area is 119 Å². The Balaban J connectivity index is 2.31. The number of hydrogen-bond donors (Lipinski definition) is 1. The van der Waals surface area contributed by atoms with E-state index in [1.807, 2.05) is 18.2 Å². The first-order chi connectivity index (χ1) is 9.08. The molecule has 0 spiro atoms. The average Bonchev–Trinajstić information content (AvgIpc) is 2.41. The molecule has 0 saturated heterocycles. The number of nitrogens with one attached hydrogen (secondary N) is 1. The predicted molar refractivity (Wildman–Crippen MR) is 78.2 cm³/mol. The largest absolute Gasteiger partial charge is 0.388 e. The molecule has 0 atom stereocenters. The van der Waals surface area contributed by atoms with Crippen molar-refractivity contribution in [3.8, 4) is 0 Å². The van der Waals surface area contributed by atoms with Crippen molar-refractivity contribution in [1.29, 1.82) is 0 Å². The number of nitro groups is 1. The fourth-order valence-corrected chi connectivity index (χ4v) is 2.57. The molecule has 0 heterocycles. The van der Waals surface area contributed by atoms with E-state index in [2.05, 4.69) is 5.32 Å². The first-order valence-electron chi connectivity index (χ1n) is 5.49. The standard InChI is InChI=1S/C13H11ClN2O2S/c1-15-10-6-11(16(17)18)8-13(7-10)19-12-4-2-9(14)3-5-12/h2-8,15H,1H3. The highest BCUT2D eigenvalue weighted by Crippen LogP contribution is 2.33. The molecule has 2 aromatic carbocycles. The normalized spacial score (nSPS) is 10.2. The Morgan fingerprint density at radius 3 is 2.42 bits per heavy atom. The van der Waals surface area contributed by atoms with Crippen molar-refractivity contribution in [3.05, 3.63) is 57.6 Å². The molecule has 0 aliphatic carbocycles. The first kappa shape index (κ1) is 13.7. The van der Waals surface area contributed by atoms with Gasteiger partial charge >= 0.3 is 0 Å². The lowest BCUT2D eigenvalue weighted by molar-refractivity contribution is -0.385. The van der Waals surface area contributed by atoms with Crippen molar-refractivity contribution in [2.75, 3.05) is 12.4 Å². The lowest BCUT2D eigenvalue weighted by atomic mass is 10.3. The third-order valence-corrected chi connectivity index (χ3v) is 3.67. The Morgan fingerprint density at radius 2 is 1.84 bits per heavy atom. The zero-order chi connectivity index (χ0) is 13.8. The van der Waals surface area contributed by atoms with Gasteiger partial charge in [-0.3, -0.25) is 10.1 Å². The molecule has 0 aliphatic rings. The zero-order valence-electron chi connectivity index (χ0n) is 10.1. The molecular weight excluding hydrogens is 284 g/mol. The lowest BCUT2D eigenvalue weighted by Gasteiger charge is -2.05. The van der Waals surface area contributed by atoms with Gasteiger partial charge in [0.15, 0.2) is 0 Å². The van der Waals surface area contributed by atoms with Crippen LogP contribution in [0.1, 0.15) is 0 Å². The minimum absolute atomic E-state index is 0.0725. The summed E-state index contributed by atoms with van der Waals surface area (Å²) in [5.41, 5.74) is 0.786. The van der Waals surface area contributed by atoms with Crippen LogP contribution in [-0.2, 0) is 0 Å². The summed E-state index contributed by atoms with van der Waals surface area (Å²) in [5.74, 6) is 0. The highest BCUT2D eigenvalue weighted by atomic mass is 35.5. The fourth-order valence-electron chi connectivity index (χ4n) is 1.53. The van der Waals surface area contributed by atoms with E-state index >= 15 is 0 Å². The van der Waals surface area contributed by atoms with E-state index in [-0.39, 0.29) is 5.69 Å². The maximum atomic E-state index is 10.9. The van der Waals surface area contributed by atoms with E-state index in [0.29, 0.717) is 10.7 Å². The molecule has 19 heavy (non-hydrogen) atoms. The number of non-ortho nitro benzene ring substituents is 1. The maximum Gasteiger partial charge on any atom is 0.272 e. The van der Waals surface area contributed by atoms with Gasteiger partial charge in [-0.05, 0) is 30.3 Å². The van der Waals surface area contributed by atoms with Crippen LogP contribution < -0.4 is 5.32 Å². The Bertz CT molecular complexity index is 602. The molecule has 4 nitrogen and oxygen atoms in total. The summed E-state index contributed by atoms with van der Waals surface area (Å²) in [4.78, 5) is 12.3. The zero-order valence-corrected chi connectivity index (χ0v) is 11.7. The highest BCUT2D eigenvalue weighted by molar-refractivity contribution is 7.99. The van der Waals surface area contributed by atoms with Gasteiger partial charge in [0.05, 0.1) is 4.92 Å². The SMILES string of the molecule is CNc1cc(Sc2ccc(Cl)cc2)cc([N+](=O)[O-])c1. The molecular formula is C13H11ClN2O2S. The predicted octanol–water partition coefficient (Wildman–Crippen LogP) is 4.44. The number of hydrogen-bond acceptors (Lipinski definition) is 4. The molecule has 1 N–H and O–H groups in total. The van der Waals surface area contributed by atoms with Crippen LogP contribution in [0.25, 0.3) is 0 Å². The van der Waals surface area contributed by atoms with Gasteiger partial charge in [-0.1, -0.05) is 23.4 Å². The molecule has 0 radical (unpaired) electrons. The fraction of sp³-hybridized carbons (Fsp3) is 0.0769. The second-order valence-electron chi connectivity index (χ2n) is 3.78. The Hall–Kier alpha value is -1.72. The Kier molecular flexibility index (Phi) is 4.29. The summed E-state index contributed by atoms with van der Waals surface area (Å²) in [6.45, 7) is 0. The van der Waals surface area contributed by atoms with Gasteiger partial charge < -0.3 is 5.32 Å². The third kappa shape index (κ3) is 3.62. The molecule has 0 bridgehead atoms. The second kappa shape index (κ2) is 5.95. The van der Waals surface area contributed by atoms with Crippen LogP contribution in [0.4, 0.5) is 11.4 Å². The smallest absolute Gasteiger partial charge is 0.272 e. The number of benzene rings is 2. The Morgan fingerprint density at radius 1 is 1.16 bits per heavy atom. The molecule has 0 aliphatic heterocycles. The van der Waals surface area contributed by atoms with Crippen molar-refractivity contribution in [3.63, 3.8) is 0 Å². The number of nitrogens with zero attached hydrogens (tertiary/aromatic N) is 1. The monoisotopic (exact) mass is 294 g/mol. The van der Waals surface area contributed by atoms with Crippen LogP contribution in [0.3, 0.4) is 0 Å². The van der Waals surface area contributed by atoms with Gasteiger partial charge in [0, 0.05) is 39.7 Å². The number of rotatable bonds is 4. The van der Waals surface area contributed by atoms with E-state index in [9.17, 15) is 10.1 Å². The van der Waals surface area contributed by atoms with Gasteiger partial charge in [0.25, 0.3) is 5.69 Å². The van der Waals surface area contributed by atoms with Crippen LogP contribution in [0.15, 0.2) is 52.3 Å². The molecule has 2 rings (SSSR count). The van der Waals surface area contributed by atoms with E-state index in [1.165, 1.54) is 17.8 Å². The third-order valence-electron chi connectivity index (χ3n) is 2.44. The molecule has 0 fully saturated rings. The van der Waals surface area contributed by atoms with Gasteiger partial charge in [-0.2, -0.15) is 0 Å². The summed E-state index contributed by atoms with van der Waals surface area (Å²) in [6, 6.07) is 12.3. The van der Waals surface area contributed by atoms with Crippen LogP contribution in [0.2, 0.25) is 5.02 Å². The molecule has 2 aromatic rings. The van der Waals surface area contributed by atoms with Crippen LogP contribution >= 0.6 is 23.4 Å². The van der Waals surface area contributed by atoms with E-state index in [4.69, 9.17) is 11.6 Å². The minimum Gasteiger partial charge on any atom is -0.388 e. The molecule has 98 valence electrons. The summed E-state index contributed by atoms with van der Waals surface area (Å²) in [5, 5.41) is 14.5. The van der Waals surface area contributed by atoms with E-state index < -0.39 is 4.92 Å². The van der Waals surface area contributed by atoms with Crippen molar-refractivity contribution in [2.24, 2.45) is 0 Å². The molecule has 0 unspecified atom stereocenters. The number of halogens is 1. The van der Waals surface area contributed by atoms with Crippen molar-refractivity contribution in [2.45, 2.75) is 9.79 Å². The summed E-state index contributed by atoms with van der Waals surface area (Å²) in [6.07, 6.45) is 0. The van der Waals surface area contributed by atoms with Gasteiger partial charge in [-0.25, -0.2) is 0 Å². The summed E-state index contributed by atoms with van der Waals surface area (Å²) in [7, 11) is 1.73. The second-order valence-corrected chi connectivity index (χ2v) is 5.36. The lowest BCUT2D eigenvalue weighted by Crippen LogP contribution is -1.93.